The van der Waals surface area contributed by atoms with Crippen LogP contribution in [0.4, 0.5) is 0 Å². The Balaban J connectivity index is 2.54. The predicted octanol–water partition coefficient (Wildman–Crippen LogP) is 2.65. The van der Waals surface area contributed by atoms with Gasteiger partial charge in [0, 0.05) is 30.6 Å². The first-order chi connectivity index (χ1) is 8.17. The molecule has 0 radical (unpaired) electrons. The number of halogens is 1. The molecule has 0 spiro atoms. The van der Waals surface area contributed by atoms with Crippen LogP contribution in [0.3, 0.4) is 0 Å². The van der Waals surface area contributed by atoms with Crippen LogP contribution in [0.15, 0.2) is 18.2 Å². The van der Waals surface area contributed by atoms with Crippen LogP contribution in [0.5, 0.6) is 0 Å². The SMILES string of the molecule is CCN(CCCO)C(=O)/C=C/c1ccc(Cl)s1. The van der Waals surface area contributed by atoms with E-state index in [1.165, 1.54) is 11.3 Å². The van der Waals surface area contributed by atoms with Crippen molar-refractivity contribution in [2.24, 2.45) is 0 Å². The minimum Gasteiger partial charge on any atom is -0.396 e. The lowest BCUT2D eigenvalue weighted by Gasteiger charge is -2.18. The molecule has 5 heteroatoms. The Morgan fingerprint density at radius 1 is 1.59 bits per heavy atom. The summed E-state index contributed by atoms with van der Waals surface area (Å²) in [4.78, 5) is 14.4. The lowest BCUT2D eigenvalue weighted by atomic mass is 10.3. The average molecular weight is 274 g/mol. The Morgan fingerprint density at radius 2 is 2.35 bits per heavy atom. The molecule has 17 heavy (non-hydrogen) atoms. The molecule has 0 aromatic carbocycles. The quantitative estimate of drug-likeness (QED) is 0.810. The Morgan fingerprint density at radius 3 is 2.88 bits per heavy atom. The summed E-state index contributed by atoms with van der Waals surface area (Å²) in [6.07, 6.45) is 3.92. The number of rotatable bonds is 6. The first kappa shape index (κ1) is 14.2. The number of nitrogens with zero attached hydrogens (tertiary/aromatic N) is 1. The lowest BCUT2D eigenvalue weighted by Crippen LogP contribution is -2.30. The molecule has 1 N–H and O–H groups in total. The van der Waals surface area contributed by atoms with Gasteiger partial charge < -0.3 is 10.0 Å². The van der Waals surface area contributed by atoms with Crippen molar-refractivity contribution in [3.63, 3.8) is 0 Å². The topological polar surface area (TPSA) is 40.5 Å². The van der Waals surface area contributed by atoms with E-state index in [1.807, 2.05) is 13.0 Å². The van der Waals surface area contributed by atoms with Crippen LogP contribution in [0.25, 0.3) is 6.08 Å². The number of amides is 1. The molecule has 0 aliphatic rings. The molecular formula is C12H16ClNO2S. The number of thiophene rings is 1. The normalized spacial score (nSPS) is 11.0. The molecule has 1 aromatic heterocycles. The summed E-state index contributed by atoms with van der Waals surface area (Å²) >= 11 is 7.23. The minimum atomic E-state index is -0.0366. The number of hydrogen-bond donors (Lipinski definition) is 1. The highest BCUT2D eigenvalue weighted by molar-refractivity contribution is 7.17. The van der Waals surface area contributed by atoms with Gasteiger partial charge in [0.25, 0.3) is 0 Å². The van der Waals surface area contributed by atoms with Crippen LogP contribution in [0, 0.1) is 0 Å². The largest absolute Gasteiger partial charge is 0.396 e. The molecule has 0 unspecified atom stereocenters. The standard InChI is InChI=1S/C12H16ClNO2S/c1-2-14(8-3-9-15)12(16)7-5-10-4-6-11(13)17-10/h4-7,15H,2-3,8-9H2,1H3/b7-5+. The molecule has 0 fully saturated rings. The molecule has 0 saturated carbocycles. The zero-order chi connectivity index (χ0) is 12.7. The van der Waals surface area contributed by atoms with Gasteiger partial charge in [-0.2, -0.15) is 0 Å². The van der Waals surface area contributed by atoms with Crippen molar-refractivity contribution in [2.75, 3.05) is 19.7 Å². The van der Waals surface area contributed by atoms with E-state index in [1.54, 1.807) is 23.1 Å². The monoisotopic (exact) mass is 273 g/mol. The average Bonchev–Trinajstić information content (AvgIpc) is 2.73. The second kappa shape index (κ2) is 7.48. The molecule has 1 heterocycles. The van der Waals surface area contributed by atoms with Crippen LogP contribution in [0.2, 0.25) is 4.34 Å². The Kier molecular flexibility index (Phi) is 6.26. The Labute approximate surface area is 110 Å². The van der Waals surface area contributed by atoms with E-state index in [9.17, 15) is 4.79 Å². The molecule has 1 amide bonds. The summed E-state index contributed by atoms with van der Waals surface area (Å²) in [5.74, 6) is -0.0366. The smallest absolute Gasteiger partial charge is 0.246 e. The van der Waals surface area contributed by atoms with E-state index >= 15 is 0 Å². The van der Waals surface area contributed by atoms with E-state index in [4.69, 9.17) is 16.7 Å². The van der Waals surface area contributed by atoms with Crippen molar-refractivity contribution in [1.82, 2.24) is 4.90 Å². The van der Waals surface area contributed by atoms with Crippen LogP contribution in [0.1, 0.15) is 18.2 Å². The number of hydrogen-bond acceptors (Lipinski definition) is 3. The number of aliphatic hydroxyl groups is 1. The third-order valence-electron chi connectivity index (χ3n) is 2.26. The zero-order valence-electron chi connectivity index (χ0n) is 9.73. The highest BCUT2D eigenvalue weighted by atomic mass is 35.5. The van der Waals surface area contributed by atoms with Crippen molar-refractivity contribution < 1.29 is 9.90 Å². The molecule has 0 aliphatic carbocycles. The van der Waals surface area contributed by atoms with E-state index in [2.05, 4.69) is 0 Å². The fourth-order valence-corrected chi connectivity index (χ4v) is 2.33. The number of carbonyl (C=O) groups is 1. The van der Waals surface area contributed by atoms with Crippen LogP contribution in [-0.2, 0) is 4.79 Å². The van der Waals surface area contributed by atoms with Crippen molar-refractivity contribution in [3.8, 4) is 0 Å². The Hall–Kier alpha value is -0.840. The Bertz CT molecular complexity index is 390. The van der Waals surface area contributed by atoms with Gasteiger partial charge in [-0.1, -0.05) is 11.6 Å². The molecule has 1 aromatic rings. The predicted molar refractivity (Wildman–Crippen MR) is 72.3 cm³/mol. The molecular weight excluding hydrogens is 258 g/mol. The highest BCUT2D eigenvalue weighted by Gasteiger charge is 2.07. The first-order valence-corrected chi connectivity index (χ1v) is 6.70. The fraction of sp³-hybridized carbons (Fsp3) is 0.417. The summed E-state index contributed by atoms with van der Waals surface area (Å²) < 4.78 is 0.713. The molecule has 0 bridgehead atoms. The summed E-state index contributed by atoms with van der Waals surface area (Å²) in [6.45, 7) is 3.26. The van der Waals surface area contributed by atoms with Gasteiger partial charge in [-0.3, -0.25) is 4.79 Å². The second-order valence-corrected chi connectivity index (χ2v) is 5.22. The van der Waals surface area contributed by atoms with Crippen molar-refractivity contribution in [3.05, 3.63) is 27.4 Å². The second-order valence-electron chi connectivity index (χ2n) is 3.47. The van der Waals surface area contributed by atoms with Crippen molar-refractivity contribution in [2.45, 2.75) is 13.3 Å². The van der Waals surface area contributed by atoms with Crippen LogP contribution >= 0.6 is 22.9 Å². The maximum atomic E-state index is 11.8. The van der Waals surface area contributed by atoms with E-state index in [0.29, 0.717) is 23.8 Å². The van der Waals surface area contributed by atoms with Gasteiger partial charge in [-0.25, -0.2) is 0 Å². The number of carbonyl (C=O) groups excluding carboxylic acids is 1. The summed E-state index contributed by atoms with van der Waals surface area (Å²) in [7, 11) is 0. The molecule has 3 nitrogen and oxygen atoms in total. The summed E-state index contributed by atoms with van der Waals surface area (Å²) in [6, 6.07) is 3.68. The number of aliphatic hydroxyl groups excluding tert-OH is 1. The van der Waals surface area contributed by atoms with E-state index in [0.717, 1.165) is 4.88 Å². The van der Waals surface area contributed by atoms with E-state index in [-0.39, 0.29) is 12.5 Å². The van der Waals surface area contributed by atoms with Gasteiger partial charge >= 0.3 is 0 Å². The third-order valence-corrected chi connectivity index (χ3v) is 3.46. The van der Waals surface area contributed by atoms with Crippen molar-refractivity contribution in [1.29, 1.82) is 0 Å². The molecule has 94 valence electrons. The lowest BCUT2D eigenvalue weighted by molar-refractivity contribution is -0.125. The molecule has 1 rings (SSSR count). The fourth-order valence-electron chi connectivity index (χ4n) is 1.36. The van der Waals surface area contributed by atoms with Gasteiger partial charge in [-0.05, 0) is 31.6 Å². The third kappa shape index (κ3) is 4.89. The summed E-state index contributed by atoms with van der Waals surface area (Å²) in [5, 5.41) is 8.73. The zero-order valence-corrected chi connectivity index (χ0v) is 11.3. The number of likely N-dealkylation sites (N-methyl/N-ethyl adjacent to an activating group) is 1. The van der Waals surface area contributed by atoms with Gasteiger partial charge in [0.1, 0.15) is 0 Å². The van der Waals surface area contributed by atoms with Gasteiger partial charge in [0.15, 0.2) is 0 Å². The highest BCUT2D eigenvalue weighted by Crippen LogP contribution is 2.22. The maximum Gasteiger partial charge on any atom is 0.246 e. The van der Waals surface area contributed by atoms with Gasteiger partial charge in [0.2, 0.25) is 5.91 Å². The maximum absolute atomic E-state index is 11.8. The van der Waals surface area contributed by atoms with E-state index < -0.39 is 0 Å². The van der Waals surface area contributed by atoms with Gasteiger partial charge in [0.05, 0.1) is 4.34 Å². The summed E-state index contributed by atoms with van der Waals surface area (Å²) in [5.41, 5.74) is 0. The molecule has 0 atom stereocenters. The van der Waals surface area contributed by atoms with Crippen LogP contribution < -0.4 is 0 Å². The minimum absolute atomic E-state index is 0.0366. The molecule has 0 aliphatic heterocycles. The van der Waals surface area contributed by atoms with Crippen molar-refractivity contribution >= 4 is 34.9 Å². The van der Waals surface area contributed by atoms with Gasteiger partial charge in [-0.15, -0.1) is 11.3 Å². The first-order valence-electron chi connectivity index (χ1n) is 5.50. The molecule has 0 saturated heterocycles. The van der Waals surface area contributed by atoms with Crippen LogP contribution in [-0.4, -0.2) is 35.6 Å².